The molecule has 0 spiro atoms. The topological polar surface area (TPSA) is 356 Å². The van der Waals surface area contributed by atoms with Crippen LogP contribution in [-0.2, 0) is 57.6 Å². The zero-order valence-corrected chi connectivity index (χ0v) is 40.6. The lowest BCUT2D eigenvalue weighted by Crippen LogP contribution is -2.61. The lowest BCUT2D eigenvalue weighted by molar-refractivity contribution is -0.135. The molecule has 1 aliphatic heterocycles. The quantitative estimate of drug-likeness (QED) is 0.0243. The minimum absolute atomic E-state index is 0.0151. The monoisotopic (exact) mass is 1000 g/mol. The van der Waals surface area contributed by atoms with Crippen molar-refractivity contribution >= 4 is 85.7 Å². The van der Waals surface area contributed by atoms with Gasteiger partial charge in [-0.2, -0.15) is 0 Å². The third-order valence-electron chi connectivity index (χ3n) is 11.2. The van der Waals surface area contributed by atoms with Crippen LogP contribution < -0.4 is 54.4 Å². The Labute approximate surface area is 412 Å². The van der Waals surface area contributed by atoms with Crippen molar-refractivity contribution in [3.05, 3.63) is 90.1 Å². The first-order valence-electron chi connectivity index (χ1n) is 22.9. The van der Waals surface area contributed by atoms with Crippen LogP contribution in [0.25, 0.3) is 10.9 Å². The number of benzene rings is 2. The standard InChI is InChI=1S/C46H62N14O8S2/c1-3-4-14-32(54-26(2)61)40(63)59-38-24-70-69-23-37(44(67)56-34(39(47)62)19-28-21-52-31-15-9-8-13-30(28)31)60-41(64)33(16-10-17-51-46(48)49)55-42(65)35(18-27-11-6-5-7-12-27)57-43(66)36(58-45(38)68)20-29-22-50-25-53-29/h5-9,11-13,15,21-22,25,32-38,52H,3-4,10,14,16-20,23-24H2,1-2H3,(H2,47,62)(H,50,53)(H,54,61)(H,55,65)(H,56,67)(H,57,66)(H,58,68)(H,59,63)(H,60,64)(H4,48,49,51)/t32-,33-,34-,35?,36-,37-,38-/m0/s1. The molecule has 22 nitrogen and oxygen atoms in total. The van der Waals surface area contributed by atoms with Gasteiger partial charge in [0.2, 0.25) is 47.3 Å². The molecule has 2 aromatic carbocycles. The number of fused-ring (bicyclic) bond motifs is 1. The Hall–Kier alpha value is -7.08. The SMILES string of the molecule is CCCC[C@H](NC(C)=O)C(=O)N[C@H]1CSSC[C@@H](C(=O)N[C@@H](Cc2c[nH]c3ccccc23)C(N)=O)NC(=O)[C@H](CCCN=C(N)N)NC(=O)C(Cc2ccccc2)NC(=O)[C@H](Cc2cnc[nH]2)NC1=O. The molecule has 8 amide bonds. The molecule has 5 rings (SSSR count). The number of guanidine groups is 1. The lowest BCUT2D eigenvalue weighted by Gasteiger charge is -2.27. The molecular formula is C46H62N14O8S2. The average molecular weight is 1000 g/mol. The van der Waals surface area contributed by atoms with Crippen LogP contribution in [0.3, 0.4) is 0 Å². The molecule has 376 valence electrons. The number of amides is 8. The molecule has 3 heterocycles. The number of nitrogens with two attached hydrogens (primary N) is 3. The van der Waals surface area contributed by atoms with Crippen molar-refractivity contribution in [2.45, 2.75) is 108 Å². The fourth-order valence-electron chi connectivity index (χ4n) is 7.55. The van der Waals surface area contributed by atoms with E-state index in [2.05, 4.69) is 57.2 Å². The van der Waals surface area contributed by atoms with E-state index in [1.165, 1.54) is 19.4 Å². The van der Waals surface area contributed by atoms with E-state index in [-0.39, 0.29) is 62.5 Å². The highest BCUT2D eigenvalue weighted by Gasteiger charge is 2.35. The van der Waals surface area contributed by atoms with E-state index < -0.39 is 89.6 Å². The summed E-state index contributed by atoms with van der Waals surface area (Å²) in [6.45, 7) is 3.29. The normalized spacial score (nSPS) is 20.3. The first kappa shape index (κ1) is 53.9. The molecule has 24 heteroatoms. The van der Waals surface area contributed by atoms with Crippen molar-refractivity contribution in [3.63, 3.8) is 0 Å². The number of nitrogens with zero attached hydrogens (tertiary/aromatic N) is 2. The Balaban J connectivity index is 1.52. The average Bonchev–Trinajstić information content (AvgIpc) is 4.00. The fourth-order valence-corrected chi connectivity index (χ4v) is 9.88. The van der Waals surface area contributed by atoms with Gasteiger partial charge in [0, 0.05) is 73.2 Å². The Kier molecular flexibility index (Phi) is 20.9. The van der Waals surface area contributed by atoms with Crippen LogP contribution in [0, 0.1) is 0 Å². The molecule has 70 heavy (non-hydrogen) atoms. The van der Waals surface area contributed by atoms with Gasteiger partial charge in [0.25, 0.3) is 0 Å². The summed E-state index contributed by atoms with van der Waals surface area (Å²) in [6.07, 6.45) is 6.24. The molecule has 1 saturated heterocycles. The molecule has 0 aliphatic carbocycles. The number of nitrogens with one attached hydrogen (secondary N) is 9. The van der Waals surface area contributed by atoms with Crippen molar-refractivity contribution in [1.29, 1.82) is 0 Å². The van der Waals surface area contributed by atoms with Crippen LogP contribution in [0.1, 0.15) is 62.8 Å². The third-order valence-corrected chi connectivity index (χ3v) is 13.6. The number of carbonyl (C=O) groups excluding carboxylic acids is 8. The van der Waals surface area contributed by atoms with Gasteiger partial charge in [0.1, 0.15) is 42.3 Å². The maximum atomic E-state index is 14.5. The number of primary amides is 1. The highest BCUT2D eigenvalue weighted by Crippen LogP contribution is 2.24. The number of carbonyl (C=O) groups is 8. The number of aliphatic imine (C=N–C) groups is 1. The number of para-hydroxylation sites is 1. The molecule has 2 aromatic heterocycles. The number of hydrogen-bond donors (Lipinski definition) is 12. The van der Waals surface area contributed by atoms with Gasteiger partial charge in [0.05, 0.1) is 6.33 Å². The summed E-state index contributed by atoms with van der Waals surface area (Å²) in [5.41, 5.74) is 19.6. The van der Waals surface area contributed by atoms with Gasteiger partial charge in [-0.15, -0.1) is 0 Å². The van der Waals surface area contributed by atoms with E-state index in [1.54, 1.807) is 36.5 Å². The summed E-state index contributed by atoms with van der Waals surface area (Å²) in [4.78, 5) is 125. The van der Waals surface area contributed by atoms with E-state index in [1.807, 2.05) is 31.2 Å². The number of aromatic amines is 2. The van der Waals surface area contributed by atoms with Gasteiger partial charge >= 0.3 is 0 Å². The summed E-state index contributed by atoms with van der Waals surface area (Å²) in [5.74, 6) is -6.24. The number of rotatable bonds is 19. The second-order valence-corrected chi connectivity index (χ2v) is 19.3. The number of imidazole rings is 1. The zero-order chi connectivity index (χ0) is 50.6. The van der Waals surface area contributed by atoms with Crippen molar-refractivity contribution in [2.75, 3.05) is 18.1 Å². The predicted octanol–water partition coefficient (Wildman–Crippen LogP) is -0.543. The Morgan fingerprint density at radius 1 is 0.786 bits per heavy atom. The molecule has 15 N–H and O–H groups in total. The fraction of sp³-hybridized carbons (Fsp3) is 0.435. The molecule has 4 aromatic rings. The third kappa shape index (κ3) is 16.9. The summed E-state index contributed by atoms with van der Waals surface area (Å²) in [5, 5.41) is 19.9. The maximum Gasteiger partial charge on any atom is 0.244 e. The largest absolute Gasteiger partial charge is 0.370 e. The summed E-state index contributed by atoms with van der Waals surface area (Å²) < 4.78 is 0. The van der Waals surface area contributed by atoms with Crippen molar-refractivity contribution in [2.24, 2.45) is 22.2 Å². The Bertz CT molecular complexity index is 2450. The number of aromatic nitrogens is 3. The number of H-pyrrole nitrogens is 2. The Morgan fingerprint density at radius 2 is 1.46 bits per heavy atom. The summed E-state index contributed by atoms with van der Waals surface area (Å²) in [6, 6.07) is 7.38. The molecule has 0 saturated carbocycles. The van der Waals surface area contributed by atoms with Gasteiger partial charge in [-0.1, -0.05) is 89.9 Å². The lowest BCUT2D eigenvalue weighted by atomic mass is 10.0. The number of unbranched alkanes of at least 4 members (excludes halogenated alkanes) is 1. The van der Waals surface area contributed by atoms with E-state index in [0.29, 0.717) is 23.2 Å². The van der Waals surface area contributed by atoms with Crippen molar-refractivity contribution in [3.8, 4) is 0 Å². The van der Waals surface area contributed by atoms with Crippen LogP contribution in [0.15, 0.2) is 78.3 Å². The summed E-state index contributed by atoms with van der Waals surface area (Å²) in [7, 11) is 2.14. The molecule has 0 radical (unpaired) electrons. The van der Waals surface area contributed by atoms with Gasteiger partial charge < -0.3 is 64.4 Å². The van der Waals surface area contributed by atoms with E-state index in [0.717, 1.165) is 38.9 Å². The molecule has 7 atom stereocenters. The number of hydrogen-bond acceptors (Lipinski definition) is 12. The smallest absolute Gasteiger partial charge is 0.244 e. The second-order valence-electron chi connectivity index (χ2n) is 16.7. The van der Waals surface area contributed by atoms with Crippen LogP contribution in [0.2, 0.25) is 0 Å². The van der Waals surface area contributed by atoms with Gasteiger partial charge in [-0.25, -0.2) is 4.98 Å². The van der Waals surface area contributed by atoms with Crippen molar-refractivity contribution < 1.29 is 38.4 Å². The highest BCUT2D eigenvalue weighted by atomic mass is 33.1. The molecule has 1 unspecified atom stereocenters. The summed E-state index contributed by atoms with van der Waals surface area (Å²) >= 11 is 0. The Morgan fingerprint density at radius 3 is 2.14 bits per heavy atom. The van der Waals surface area contributed by atoms with Crippen LogP contribution in [0.5, 0.6) is 0 Å². The van der Waals surface area contributed by atoms with Gasteiger partial charge in [-0.05, 0) is 36.5 Å². The highest BCUT2D eigenvalue weighted by molar-refractivity contribution is 8.76. The van der Waals surface area contributed by atoms with Crippen molar-refractivity contribution in [1.82, 2.24) is 52.2 Å². The van der Waals surface area contributed by atoms with Gasteiger partial charge in [-0.3, -0.25) is 43.3 Å². The van der Waals surface area contributed by atoms with E-state index >= 15 is 0 Å². The first-order valence-corrected chi connectivity index (χ1v) is 25.3. The predicted molar refractivity (Wildman–Crippen MR) is 267 cm³/mol. The van der Waals surface area contributed by atoms with E-state index in [4.69, 9.17) is 17.2 Å². The van der Waals surface area contributed by atoms with E-state index in [9.17, 15) is 38.4 Å². The minimum atomic E-state index is -1.36. The van der Waals surface area contributed by atoms with Crippen LogP contribution in [-0.4, -0.2) is 129 Å². The molecule has 0 bridgehead atoms. The zero-order valence-electron chi connectivity index (χ0n) is 39.0. The maximum absolute atomic E-state index is 14.5. The molecular weight excluding hydrogens is 941 g/mol. The van der Waals surface area contributed by atoms with Crippen LogP contribution >= 0.6 is 21.6 Å². The molecule has 1 fully saturated rings. The minimum Gasteiger partial charge on any atom is -0.370 e. The van der Waals surface area contributed by atoms with Gasteiger partial charge in [0.15, 0.2) is 5.96 Å². The van der Waals surface area contributed by atoms with Crippen LogP contribution in [0.4, 0.5) is 0 Å². The second kappa shape index (κ2) is 27.2. The first-order chi connectivity index (χ1) is 33.6. The molecule has 1 aliphatic rings.